The van der Waals surface area contributed by atoms with Crippen LogP contribution in [0.25, 0.3) is 0 Å². The Hall–Kier alpha value is -1.75. The van der Waals surface area contributed by atoms with Crippen LogP contribution >= 0.6 is 0 Å². The number of hydrogen-bond donors (Lipinski definition) is 2. The lowest BCUT2D eigenvalue weighted by atomic mass is 9.76. The van der Waals surface area contributed by atoms with Crippen LogP contribution in [0.15, 0.2) is 18.2 Å². The summed E-state index contributed by atoms with van der Waals surface area (Å²) in [4.78, 5) is 14.7. The van der Waals surface area contributed by atoms with E-state index in [9.17, 15) is 9.90 Å². The summed E-state index contributed by atoms with van der Waals surface area (Å²) in [6.07, 6.45) is 5.70. The van der Waals surface area contributed by atoms with Gasteiger partial charge in [-0.3, -0.25) is 4.79 Å². The van der Waals surface area contributed by atoms with E-state index in [1.54, 1.807) is 13.2 Å². The van der Waals surface area contributed by atoms with Crippen LogP contribution in [0.5, 0.6) is 5.75 Å². The number of ether oxygens (including phenoxy) is 1. The maximum atomic E-state index is 12.8. The van der Waals surface area contributed by atoms with E-state index in [2.05, 4.69) is 0 Å². The molecule has 2 fully saturated rings. The van der Waals surface area contributed by atoms with Crippen molar-refractivity contribution < 1.29 is 14.6 Å². The number of likely N-dealkylation sites (tertiary alicyclic amines) is 1. The molecule has 0 aromatic heterocycles. The lowest BCUT2D eigenvalue weighted by Gasteiger charge is -2.43. The quantitative estimate of drug-likeness (QED) is 0.650. The highest BCUT2D eigenvalue weighted by atomic mass is 16.5. The second-order valence-electron chi connectivity index (χ2n) is 6.58. The largest absolute Gasteiger partial charge is 0.508 e. The fourth-order valence-corrected chi connectivity index (χ4v) is 4.17. The normalized spacial score (nSPS) is 28.2. The molecular weight excluding hydrogens is 280 g/mol. The molecule has 5 nitrogen and oxygen atoms in total. The van der Waals surface area contributed by atoms with E-state index < -0.39 is 0 Å². The number of amides is 1. The number of carbonyl (C=O) groups is 1. The monoisotopic (exact) mass is 304 g/mol. The van der Waals surface area contributed by atoms with Crippen molar-refractivity contribution in [2.24, 2.45) is 5.41 Å². The van der Waals surface area contributed by atoms with Gasteiger partial charge in [-0.1, -0.05) is 6.42 Å². The Morgan fingerprint density at radius 1 is 1.41 bits per heavy atom. The molecule has 1 aliphatic carbocycles. The van der Waals surface area contributed by atoms with Gasteiger partial charge in [-0.15, -0.1) is 0 Å². The number of benzene rings is 1. The summed E-state index contributed by atoms with van der Waals surface area (Å²) >= 11 is 0. The Kier molecular flexibility index (Phi) is 4.00. The molecule has 0 bridgehead atoms. The molecule has 2 atom stereocenters. The molecule has 1 aromatic carbocycles. The lowest BCUT2D eigenvalue weighted by Crippen LogP contribution is -2.49. The number of nitrogens with zero attached hydrogens (tertiary/aromatic N) is 1. The van der Waals surface area contributed by atoms with E-state index in [-0.39, 0.29) is 23.2 Å². The Labute approximate surface area is 131 Å². The second-order valence-corrected chi connectivity index (χ2v) is 6.58. The number of piperidine rings is 1. The summed E-state index contributed by atoms with van der Waals surface area (Å²) in [5.41, 5.74) is 6.81. The van der Waals surface area contributed by atoms with E-state index in [4.69, 9.17) is 10.5 Å². The third-order valence-electron chi connectivity index (χ3n) is 5.27. The van der Waals surface area contributed by atoms with Crippen molar-refractivity contribution in [2.75, 3.05) is 25.9 Å². The van der Waals surface area contributed by atoms with Crippen LogP contribution in [0.3, 0.4) is 0 Å². The first-order chi connectivity index (χ1) is 10.6. The van der Waals surface area contributed by atoms with Crippen LogP contribution in [-0.4, -0.2) is 42.2 Å². The minimum atomic E-state index is -0.0887. The molecule has 0 unspecified atom stereocenters. The summed E-state index contributed by atoms with van der Waals surface area (Å²) in [6, 6.07) is 4.54. The third-order valence-corrected chi connectivity index (χ3v) is 5.27. The van der Waals surface area contributed by atoms with Crippen LogP contribution in [0.4, 0.5) is 5.69 Å². The summed E-state index contributed by atoms with van der Waals surface area (Å²) < 4.78 is 5.68. The van der Waals surface area contributed by atoms with Crippen LogP contribution in [-0.2, 0) is 4.74 Å². The number of hydrogen-bond acceptors (Lipinski definition) is 4. The number of phenolic OH excluding ortho intramolecular Hbond substituents is 1. The highest BCUT2D eigenvalue weighted by Gasteiger charge is 2.46. The maximum absolute atomic E-state index is 12.8. The standard InChI is InChI=1S/C17H24N2O3/c1-22-15-4-2-7-17(15)8-3-9-19(11-17)16(21)13-10-12(20)5-6-14(13)18/h5-6,10,15,20H,2-4,7-9,11,18H2,1H3/t15-,17-/m1/s1. The molecule has 5 heteroatoms. The zero-order chi connectivity index (χ0) is 15.7. The molecule has 1 heterocycles. The predicted octanol–water partition coefficient (Wildman–Crippen LogP) is 2.40. The van der Waals surface area contributed by atoms with Gasteiger partial charge in [0.05, 0.1) is 11.7 Å². The molecule has 120 valence electrons. The van der Waals surface area contributed by atoms with Crippen molar-refractivity contribution in [1.82, 2.24) is 4.90 Å². The Morgan fingerprint density at radius 2 is 2.18 bits per heavy atom. The number of methoxy groups -OCH3 is 1. The van der Waals surface area contributed by atoms with Crippen LogP contribution in [0.2, 0.25) is 0 Å². The number of anilines is 1. The minimum absolute atomic E-state index is 0.0694. The number of carbonyl (C=O) groups excluding carboxylic acids is 1. The first kappa shape index (κ1) is 15.2. The van der Waals surface area contributed by atoms with E-state index >= 15 is 0 Å². The van der Waals surface area contributed by atoms with Gasteiger partial charge in [-0.25, -0.2) is 0 Å². The number of phenols is 1. The molecule has 0 radical (unpaired) electrons. The van der Waals surface area contributed by atoms with Crippen LogP contribution < -0.4 is 5.73 Å². The van der Waals surface area contributed by atoms with E-state index in [1.807, 2.05) is 4.90 Å². The maximum Gasteiger partial charge on any atom is 0.256 e. The van der Waals surface area contributed by atoms with E-state index in [1.165, 1.54) is 12.1 Å². The number of aromatic hydroxyl groups is 1. The SMILES string of the molecule is CO[C@@H]1CCC[C@]12CCCN(C(=O)c1cc(O)ccc1N)C2. The molecule has 3 rings (SSSR count). The van der Waals surface area contributed by atoms with Crippen molar-refractivity contribution in [3.05, 3.63) is 23.8 Å². The average Bonchev–Trinajstić information content (AvgIpc) is 2.91. The highest BCUT2D eigenvalue weighted by Crippen LogP contribution is 2.46. The van der Waals surface area contributed by atoms with Crippen LogP contribution in [0, 0.1) is 5.41 Å². The number of rotatable bonds is 2. The van der Waals surface area contributed by atoms with Crippen molar-refractivity contribution >= 4 is 11.6 Å². The van der Waals surface area contributed by atoms with Gasteiger partial charge in [0.1, 0.15) is 5.75 Å². The van der Waals surface area contributed by atoms with Crippen LogP contribution in [0.1, 0.15) is 42.5 Å². The molecule has 1 aromatic rings. The smallest absolute Gasteiger partial charge is 0.256 e. The molecule has 1 spiro atoms. The average molecular weight is 304 g/mol. The highest BCUT2D eigenvalue weighted by molar-refractivity contribution is 5.99. The van der Waals surface area contributed by atoms with E-state index in [0.717, 1.165) is 45.2 Å². The van der Waals surface area contributed by atoms with E-state index in [0.29, 0.717) is 11.3 Å². The lowest BCUT2D eigenvalue weighted by molar-refractivity contribution is -0.0295. The molecule has 1 aliphatic heterocycles. The zero-order valence-electron chi connectivity index (χ0n) is 13.0. The van der Waals surface area contributed by atoms with Gasteiger partial charge in [-0.2, -0.15) is 0 Å². The predicted molar refractivity (Wildman–Crippen MR) is 84.7 cm³/mol. The Morgan fingerprint density at radius 3 is 2.95 bits per heavy atom. The van der Waals surface area contributed by atoms with Crippen molar-refractivity contribution in [2.45, 2.75) is 38.2 Å². The van der Waals surface area contributed by atoms with Gasteiger partial charge in [0.25, 0.3) is 5.91 Å². The first-order valence-corrected chi connectivity index (χ1v) is 7.96. The Balaban J connectivity index is 1.83. The topological polar surface area (TPSA) is 75.8 Å². The summed E-state index contributed by atoms with van der Waals surface area (Å²) in [5, 5.41) is 9.62. The number of nitrogens with two attached hydrogens (primary N) is 1. The molecule has 22 heavy (non-hydrogen) atoms. The first-order valence-electron chi connectivity index (χ1n) is 7.96. The van der Waals surface area contributed by atoms with Gasteiger partial charge < -0.3 is 20.5 Å². The molecule has 3 N–H and O–H groups in total. The summed E-state index contributed by atoms with van der Waals surface area (Å²) in [6.45, 7) is 1.46. The number of nitrogen functional groups attached to an aromatic ring is 1. The van der Waals surface area contributed by atoms with Crippen molar-refractivity contribution in [3.8, 4) is 5.75 Å². The summed E-state index contributed by atoms with van der Waals surface area (Å²) in [5.74, 6) is -0.0193. The minimum Gasteiger partial charge on any atom is -0.508 e. The van der Waals surface area contributed by atoms with Crippen molar-refractivity contribution in [3.63, 3.8) is 0 Å². The zero-order valence-corrected chi connectivity index (χ0v) is 13.0. The van der Waals surface area contributed by atoms with Gasteiger partial charge in [0, 0.05) is 31.3 Å². The fraction of sp³-hybridized carbons (Fsp3) is 0.588. The molecular formula is C17H24N2O3. The summed E-state index contributed by atoms with van der Waals surface area (Å²) in [7, 11) is 1.77. The van der Waals surface area contributed by atoms with Gasteiger partial charge in [0.15, 0.2) is 0 Å². The fourth-order valence-electron chi connectivity index (χ4n) is 4.17. The molecule has 1 saturated heterocycles. The Bertz CT molecular complexity index is 575. The third kappa shape index (κ3) is 2.54. The molecule has 1 saturated carbocycles. The van der Waals surface area contributed by atoms with Gasteiger partial charge in [0.2, 0.25) is 0 Å². The molecule has 2 aliphatic rings. The molecule has 1 amide bonds. The second kappa shape index (κ2) is 5.80. The van der Waals surface area contributed by atoms with Crippen molar-refractivity contribution in [1.29, 1.82) is 0 Å². The van der Waals surface area contributed by atoms with Gasteiger partial charge in [-0.05, 0) is 43.9 Å². The van der Waals surface area contributed by atoms with Gasteiger partial charge >= 0.3 is 0 Å².